The first-order valence-corrected chi connectivity index (χ1v) is 9.32. The fourth-order valence-electron chi connectivity index (χ4n) is 3.94. The molecule has 1 fully saturated rings. The maximum absolute atomic E-state index is 14.2. The van der Waals surface area contributed by atoms with E-state index in [1.165, 1.54) is 12.3 Å². The number of rotatable bonds is 4. The molecule has 144 valence electrons. The van der Waals surface area contributed by atoms with Crippen LogP contribution in [0.25, 0.3) is 0 Å². The summed E-state index contributed by atoms with van der Waals surface area (Å²) in [6.45, 7) is 2.74. The van der Waals surface area contributed by atoms with Gasteiger partial charge in [-0.15, -0.1) is 0 Å². The second-order valence-electron chi connectivity index (χ2n) is 7.48. The Balaban J connectivity index is 1.49. The van der Waals surface area contributed by atoms with Crippen LogP contribution in [-0.4, -0.2) is 27.9 Å². The van der Waals surface area contributed by atoms with E-state index in [0.717, 1.165) is 11.6 Å². The van der Waals surface area contributed by atoms with Gasteiger partial charge in [-0.05, 0) is 43.9 Å². The molecule has 1 N–H and O–H groups in total. The van der Waals surface area contributed by atoms with Crippen LogP contribution in [0, 0.1) is 23.0 Å². The highest BCUT2D eigenvalue weighted by atomic mass is 19.1. The van der Waals surface area contributed by atoms with Gasteiger partial charge in [0, 0.05) is 24.8 Å². The summed E-state index contributed by atoms with van der Waals surface area (Å²) in [7, 11) is 0. The molecule has 1 aromatic heterocycles. The van der Waals surface area contributed by atoms with Crippen molar-refractivity contribution in [1.82, 2.24) is 15.2 Å². The molecule has 28 heavy (non-hydrogen) atoms. The molecule has 1 aliphatic heterocycles. The van der Waals surface area contributed by atoms with Gasteiger partial charge in [0.2, 0.25) is 5.91 Å². The quantitative estimate of drug-likeness (QED) is 0.883. The Morgan fingerprint density at radius 2 is 2.14 bits per heavy atom. The number of nitrogens with zero attached hydrogens (tertiary/aromatic N) is 3. The van der Waals surface area contributed by atoms with Crippen molar-refractivity contribution in [3.8, 4) is 6.07 Å². The van der Waals surface area contributed by atoms with Gasteiger partial charge in [-0.2, -0.15) is 5.26 Å². The van der Waals surface area contributed by atoms with Gasteiger partial charge >= 0.3 is 0 Å². The average Bonchev–Trinajstić information content (AvgIpc) is 3.50. The molecular weight excluding hydrogens is 362 g/mol. The molecule has 1 atom stereocenters. The molecule has 1 aliphatic carbocycles. The molecule has 4 rings (SSSR count). The van der Waals surface area contributed by atoms with Crippen LogP contribution in [0.4, 0.5) is 8.78 Å². The lowest BCUT2D eigenvalue weighted by atomic mass is 9.97. The van der Waals surface area contributed by atoms with E-state index >= 15 is 0 Å². The summed E-state index contributed by atoms with van der Waals surface area (Å²) >= 11 is 0. The van der Waals surface area contributed by atoms with Crippen LogP contribution in [0.1, 0.15) is 48.2 Å². The number of nitriles is 1. The van der Waals surface area contributed by atoms with Gasteiger partial charge in [0.1, 0.15) is 23.2 Å². The normalized spacial score (nSPS) is 18.6. The monoisotopic (exact) mass is 382 g/mol. The second kappa shape index (κ2) is 6.95. The molecule has 0 unspecified atom stereocenters. The minimum Gasteiger partial charge on any atom is -0.346 e. The van der Waals surface area contributed by atoms with E-state index in [1.807, 2.05) is 17.0 Å². The van der Waals surface area contributed by atoms with Crippen LogP contribution >= 0.6 is 0 Å². The number of amides is 1. The molecular formula is C21H20F2N4O. The summed E-state index contributed by atoms with van der Waals surface area (Å²) in [6.07, 6.45) is 3.37. The Hall–Kier alpha value is -2.85. The Labute approximate surface area is 162 Å². The van der Waals surface area contributed by atoms with Gasteiger partial charge in [0.25, 0.3) is 0 Å². The fourth-order valence-corrected chi connectivity index (χ4v) is 3.94. The van der Waals surface area contributed by atoms with E-state index in [4.69, 9.17) is 5.26 Å². The minimum atomic E-state index is -0.669. The molecule has 1 aromatic carbocycles. The molecule has 0 spiro atoms. The number of aromatic nitrogens is 1. The highest BCUT2D eigenvalue weighted by Crippen LogP contribution is 2.44. The number of fused-ring (bicyclic) bond motifs is 1. The molecule has 1 amide bonds. The highest BCUT2D eigenvalue weighted by molar-refractivity contribution is 5.89. The topological polar surface area (TPSA) is 69.0 Å². The third kappa shape index (κ3) is 3.14. The lowest BCUT2D eigenvalue weighted by Crippen LogP contribution is -2.51. The van der Waals surface area contributed by atoms with E-state index in [0.29, 0.717) is 37.9 Å². The zero-order valence-corrected chi connectivity index (χ0v) is 15.5. The number of hydrogen-bond donors (Lipinski definition) is 1. The molecule has 2 aromatic rings. The fraction of sp³-hybridized carbons (Fsp3) is 0.381. The number of nitrogens with one attached hydrogen (secondary N) is 1. The Bertz CT molecular complexity index is 981. The van der Waals surface area contributed by atoms with Crippen LogP contribution in [0.5, 0.6) is 0 Å². The van der Waals surface area contributed by atoms with Crippen molar-refractivity contribution in [2.45, 2.75) is 44.3 Å². The predicted octanol–water partition coefficient (Wildman–Crippen LogP) is 3.00. The second-order valence-corrected chi connectivity index (χ2v) is 7.48. The summed E-state index contributed by atoms with van der Waals surface area (Å²) < 4.78 is 28.4. The first-order chi connectivity index (χ1) is 13.4. The van der Waals surface area contributed by atoms with Gasteiger partial charge in [-0.3, -0.25) is 14.7 Å². The van der Waals surface area contributed by atoms with E-state index < -0.39 is 17.4 Å². The van der Waals surface area contributed by atoms with E-state index in [1.54, 1.807) is 13.0 Å². The van der Waals surface area contributed by atoms with Crippen molar-refractivity contribution >= 4 is 5.91 Å². The average molecular weight is 382 g/mol. The minimum absolute atomic E-state index is 0.0955. The molecule has 2 aliphatic rings. The SMILES string of the molecule is C[C@@H](NC(=O)C1(N2CCc3cccc(F)c3C2)CC1)c1ncc(C#N)cc1F. The number of hydrogen-bond acceptors (Lipinski definition) is 4. The van der Waals surface area contributed by atoms with Gasteiger partial charge in [-0.1, -0.05) is 12.1 Å². The van der Waals surface area contributed by atoms with E-state index in [9.17, 15) is 13.6 Å². The third-order valence-corrected chi connectivity index (χ3v) is 5.72. The van der Waals surface area contributed by atoms with Crippen LogP contribution in [-0.2, 0) is 17.8 Å². The highest BCUT2D eigenvalue weighted by Gasteiger charge is 2.55. The maximum Gasteiger partial charge on any atom is 0.241 e. The van der Waals surface area contributed by atoms with Crippen molar-refractivity contribution in [1.29, 1.82) is 5.26 Å². The molecule has 0 radical (unpaired) electrons. The third-order valence-electron chi connectivity index (χ3n) is 5.72. The summed E-state index contributed by atoms with van der Waals surface area (Å²) in [4.78, 5) is 19.0. The van der Waals surface area contributed by atoms with Crippen molar-refractivity contribution in [3.05, 3.63) is 64.5 Å². The number of pyridine rings is 1. The van der Waals surface area contributed by atoms with Crippen LogP contribution in [0.2, 0.25) is 0 Å². The van der Waals surface area contributed by atoms with Gasteiger partial charge < -0.3 is 5.32 Å². The molecule has 5 nitrogen and oxygen atoms in total. The maximum atomic E-state index is 14.2. The van der Waals surface area contributed by atoms with Crippen molar-refractivity contribution < 1.29 is 13.6 Å². The van der Waals surface area contributed by atoms with Gasteiger partial charge in [0.15, 0.2) is 0 Å². The number of carbonyl (C=O) groups is 1. The number of halogens is 2. The van der Waals surface area contributed by atoms with E-state index in [2.05, 4.69) is 10.3 Å². The lowest BCUT2D eigenvalue weighted by molar-refractivity contribution is -0.129. The zero-order chi connectivity index (χ0) is 19.9. The summed E-state index contributed by atoms with van der Waals surface area (Å²) in [5, 5.41) is 11.7. The first-order valence-electron chi connectivity index (χ1n) is 9.32. The zero-order valence-electron chi connectivity index (χ0n) is 15.5. The molecule has 7 heteroatoms. The standard InChI is InChI=1S/C21H20F2N4O/c1-13(19-18(23)9-14(10-24)11-25-19)26-20(28)21(6-7-21)27-8-5-15-3-2-4-17(22)16(15)12-27/h2-4,9,11,13H,5-8,12H2,1H3,(H,26,28)/t13-/m1/s1. The summed E-state index contributed by atoms with van der Waals surface area (Å²) in [5.74, 6) is -1.05. The molecule has 0 bridgehead atoms. The Morgan fingerprint density at radius 1 is 1.36 bits per heavy atom. The largest absolute Gasteiger partial charge is 0.346 e. The van der Waals surface area contributed by atoms with Crippen molar-refractivity contribution in [2.24, 2.45) is 0 Å². The smallest absolute Gasteiger partial charge is 0.241 e. The first kappa shape index (κ1) is 18.5. The van der Waals surface area contributed by atoms with E-state index in [-0.39, 0.29) is 23.0 Å². The van der Waals surface area contributed by atoms with Gasteiger partial charge in [0.05, 0.1) is 17.3 Å². The van der Waals surface area contributed by atoms with Crippen molar-refractivity contribution in [2.75, 3.05) is 6.54 Å². The van der Waals surface area contributed by atoms with Crippen molar-refractivity contribution in [3.63, 3.8) is 0 Å². The lowest BCUT2D eigenvalue weighted by Gasteiger charge is -2.35. The molecule has 1 saturated carbocycles. The molecule has 0 saturated heterocycles. The van der Waals surface area contributed by atoms with Crippen LogP contribution < -0.4 is 5.32 Å². The Kier molecular flexibility index (Phi) is 4.60. The number of carbonyl (C=O) groups excluding carboxylic acids is 1. The van der Waals surface area contributed by atoms with Crippen LogP contribution in [0.3, 0.4) is 0 Å². The summed E-state index contributed by atoms with van der Waals surface area (Å²) in [5.41, 5.74) is 1.20. The Morgan fingerprint density at radius 3 is 2.82 bits per heavy atom. The van der Waals surface area contributed by atoms with Crippen LogP contribution in [0.15, 0.2) is 30.5 Å². The predicted molar refractivity (Wildman–Crippen MR) is 97.9 cm³/mol. The molecule has 2 heterocycles. The summed E-state index contributed by atoms with van der Waals surface area (Å²) in [6, 6.07) is 7.41. The van der Waals surface area contributed by atoms with Gasteiger partial charge in [-0.25, -0.2) is 8.78 Å². The number of benzene rings is 1.